The summed E-state index contributed by atoms with van der Waals surface area (Å²) in [6.07, 6.45) is 0.722. The molecule has 2 aromatic carbocycles. The Morgan fingerprint density at radius 1 is 1.23 bits per heavy atom. The van der Waals surface area contributed by atoms with Crippen LogP contribution < -0.4 is 10.6 Å². The Labute approximate surface area is 128 Å². The molecule has 0 fully saturated rings. The van der Waals surface area contributed by atoms with Crippen LogP contribution in [0.3, 0.4) is 0 Å². The van der Waals surface area contributed by atoms with Gasteiger partial charge in [-0.25, -0.2) is 4.39 Å². The lowest BCUT2D eigenvalue weighted by molar-refractivity contribution is -0.114. The first-order valence-electron chi connectivity index (χ1n) is 6.88. The maximum absolute atomic E-state index is 13.7. The minimum absolute atomic E-state index is 0.106. The largest absolute Gasteiger partial charge is 0.382 e. The van der Waals surface area contributed by atoms with E-state index in [1.807, 2.05) is 30.3 Å². The average molecular weight is 297 g/mol. The van der Waals surface area contributed by atoms with Crippen LogP contribution in [0.15, 0.2) is 42.5 Å². The standard InChI is InChI=1S/C17H16FN3O/c1-12(22)21-15-5-2-13(3-6-15)8-9-20-17-7-4-14(11-19)10-16(17)18/h2-7,10,20H,8-9H2,1H3,(H,21,22). The van der Waals surface area contributed by atoms with Crippen molar-refractivity contribution in [1.82, 2.24) is 0 Å². The lowest BCUT2D eigenvalue weighted by Gasteiger charge is -2.08. The Balaban J connectivity index is 1.88. The Morgan fingerprint density at radius 2 is 1.95 bits per heavy atom. The van der Waals surface area contributed by atoms with Gasteiger partial charge in [0.25, 0.3) is 0 Å². The molecule has 0 atom stereocenters. The van der Waals surface area contributed by atoms with Gasteiger partial charge in [-0.3, -0.25) is 4.79 Å². The molecule has 0 unspecified atom stereocenters. The second-order valence-corrected chi connectivity index (χ2v) is 4.86. The summed E-state index contributed by atoms with van der Waals surface area (Å²) in [4.78, 5) is 10.9. The van der Waals surface area contributed by atoms with Gasteiger partial charge < -0.3 is 10.6 Å². The van der Waals surface area contributed by atoms with Gasteiger partial charge in [0.1, 0.15) is 5.82 Å². The summed E-state index contributed by atoms with van der Waals surface area (Å²) in [5.74, 6) is -0.536. The van der Waals surface area contributed by atoms with Crippen molar-refractivity contribution < 1.29 is 9.18 Å². The molecule has 0 aromatic heterocycles. The normalized spacial score (nSPS) is 9.86. The molecule has 22 heavy (non-hydrogen) atoms. The van der Waals surface area contributed by atoms with Gasteiger partial charge in [-0.1, -0.05) is 12.1 Å². The molecule has 0 spiro atoms. The minimum atomic E-state index is -0.431. The third kappa shape index (κ3) is 4.32. The molecule has 0 radical (unpaired) electrons. The van der Waals surface area contributed by atoms with Gasteiger partial charge in [0.2, 0.25) is 5.91 Å². The van der Waals surface area contributed by atoms with E-state index in [4.69, 9.17) is 5.26 Å². The highest BCUT2D eigenvalue weighted by Gasteiger charge is 2.03. The molecule has 2 aromatic rings. The molecule has 0 bridgehead atoms. The van der Waals surface area contributed by atoms with Gasteiger partial charge in [0.05, 0.1) is 17.3 Å². The molecular formula is C17H16FN3O. The van der Waals surface area contributed by atoms with Crippen molar-refractivity contribution in [2.75, 3.05) is 17.2 Å². The van der Waals surface area contributed by atoms with Crippen LogP contribution in [-0.2, 0) is 11.2 Å². The molecule has 2 rings (SSSR count). The van der Waals surface area contributed by atoms with E-state index in [0.29, 0.717) is 17.8 Å². The minimum Gasteiger partial charge on any atom is -0.382 e. The second-order valence-electron chi connectivity index (χ2n) is 4.86. The monoisotopic (exact) mass is 297 g/mol. The molecule has 1 amide bonds. The molecule has 0 heterocycles. The molecule has 0 saturated heterocycles. The van der Waals surface area contributed by atoms with Gasteiger partial charge >= 0.3 is 0 Å². The smallest absolute Gasteiger partial charge is 0.221 e. The second kappa shape index (κ2) is 7.23. The van der Waals surface area contributed by atoms with E-state index in [2.05, 4.69) is 10.6 Å². The number of halogens is 1. The Hall–Kier alpha value is -2.87. The Bertz CT molecular complexity index is 705. The fourth-order valence-electron chi connectivity index (χ4n) is 2.03. The Kier molecular flexibility index (Phi) is 5.10. The number of amides is 1. The molecule has 0 aliphatic heterocycles. The summed E-state index contributed by atoms with van der Waals surface area (Å²) in [7, 11) is 0. The van der Waals surface area contributed by atoms with Crippen molar-refractivity contribution in [2.45, 2.75) is 13.3 Å². The van der Waals surface area contributed by atoms with Crippen LogP contribution in [0, 0.1) is 17.1 Å². The highest BCUT2D eigenvalue weighted by atomic mass is 19.1. The van der Waals surface area contributed by atoms with Crippen molar-refractivity contribution >= 4 is 17.3 Å². The van der Waals surface area contributed by atoms with Crippen LogP contribution in [0.1, 0.15) is 18.1 Å². The maximum Gasteiger partial charge on any atom is 0.221 e. The molecule has 112 valence electrons. The number of carbonyl (C=O) groups excluding carboxylic acids is 1. The van der Waals surface area contributed by atoms with E-state index in [-0.39, 0.29) is 5.91 Å². The number of rotatable bonds is 5. The average Bonchev–Trinajstić information content (AvgIpc) is 2.50. The van der Waals surface area contributed by atoms with Crippen LogP contribution in [0.5, 0.6) is 0 Å². The van der Waals surface area contributed by atoms with Crippen LogP contribution in [0.25, 0.3) is 0 Å². The molecule has 0 aliphatic carbocycles. The first kappa shape index (κ1) is 15.5. The predicted molar refractivity (Wildman–Crippen MR) is 84.1 cm³/mol. The van der Waals surface area contributed by atoms with E-state index < -0.39 is 5.82 Å². The number of nitriles is 1. The molecule has 0 saturated carbocycles. The van der Waals surface area contributed by atoms with Crippen LogP contribution in [0.2, 0.25) is 0 Å². The van der Waals surface area contributed by atoms with Crippen molar-refractivity contribution in [3.8, 4) is 6.07 Å². The highest BCUT2D eigenvalue weighted by molar-refractivity contribution is 5.88. The predicted octanol–water partition coefficient (Wildman–Crippen LogP) is 3.31. The van der Waals surface area contributed by atoms with Gasteiger partial charge in [0.15, 0.2) is 0 Å². The summed E-state index contributed by atoms with van der Waals surface area (Å²) < 4.78 is 13.7. The number of hydrogen-bond acceptors (Lipinski definition) is 3. The number of nitrogens with one attached hydrogen (secondary N) is 2. The fourth-order valence-corrected chi connectivity index (χ4v) is 2.03. The molecule has 0 aliphatic rings. The number of carbonyl (C=O) groups is 1. The Morgan fingerprint density at radius 3 is 2.55 bits per heavy atom. The van der Waals surface area contributed by atoms with Gasteiger partial charge in [0, 0.05) is 19.2 Å². The van der Waals surface area contributed by atoms with Gasteiger partial charge in [-0.05, 0) is 42.3 Å². The first-order chi connectivity index (χ1) is 10.6. The number of hydrogen-bond donors (Lipinski definition) is 2. The van der Waals surface area contributed by atoms with Crippen molar-refractivity contribution in [3.63, 3.8) is 0 Å². The van der Waals surface area contributed by atoms with E-state index in [1.165, 1.54) is 13.0 Å². The third-order valence-corrected chi connectivity index (χ3v) is 3.10. The van der Waals surface area contributed by atoms with E-state index >= 15 is 0 Å². The first-order valence-corrected chi connectivity index (χ1v) is 6.88. The molecule has 4 nitrogen and oxygen atoms in total. The third-order valence-electron chi connectivity index (χ3n) is 3.10. The van der Waals surface area contributed by atoms with Crippen molar-refractivity contribution in [3.05, 3.63) is 59.4 Å². The summed E-state index contributed by atoms with van der Waals surface area (Å²) in [5, 5.41) is 14.4. The summed E-state index contributed by atoms with van der Waals surface area (Å²) in [5.41, 5.74) is 2.52. The van der Waals surface area contributed by atoms with Gasteiger partial charge in [-0.15, -0.1) is 0 Å². The number of benzene rings is 2. The number of nitrogens with zero attached hydrogens (tertiary/aromatic N) is 1. The lowest BCUT2D eigenvalue weighted by atomic mass is 10.1. The SMILES string of the molecule is CC(=O)Nc1ccc(CCNc2ccc(C#N)cc2F)cc1. The zero-order valence-corrected chi connectivity index (χ0v) is 12.2. The van der Waals surface area contributed by atoms with Crippen molar-refractivity contribution in [1.29, 1.82) is 5.26 Å². The van der Waals surface area contributed by atoms with E-state index in [1.54, 1.807) is 12.1 Å². The van der Waals surface area contributed by atoms with Gasteiger partial charge in [-0.2, -0.15) is 5.26 Å². The summed E-state index contributed by atoms with van der Waals surface area (Å²) >= 11 is 0. The van der Waals surface area contributed by atoms with E-state index in [9.17, 15) is 9.18 Å². The number of anilines is 2. The van der Waals surface area contributed by atoms with E-state index in [0.717, 1.165) is 17.7 Å². The lowest BCUT2D eigenvalue weighted by Crippen LogP contribution is -2.07. The quantitative estimate of drug-likeness (QED) is 0.890. The molecule has 2 N–H and O–H groups in total. The molecular weight excluding hydrogens is 281 g/mol. The summed E-state index contributed by atoms with van der Waals surface area (Å²) in [6, 6.07) is 13.8. The fraction of sp³-hybridized carbons (Fsp3) is 0.176. The highest BCUT2D eigenvalue weighted by Crippen LogP contribution is 2.16. The molecule has 5 heteroatoms. The van der Waals surface area contributed by atoms with Crippen LogP contribution in [-0.4, -0.2) is 12.5 Å². The topological polar surface area (TPSA) is 64.9 Å². The maximum atomic E-state index is 13.7. The summed E-state index contributed by atoms with van der Waals surface area (Å²) in [6.45, 7) is 2.03. The van der Waals surface area contributed by atoms with Crippen LogP contribution in [0.4, 0.5) is 15.8 Å². The zero-order chi connectivity index (χ0) is 15.9. The zero-order valence-electron chi connectivity index (χ0n) is 12.2. The van der Waals surface area contributed by atoms with Crippen molar-refractivity contribution in [2.24, 2.45) is 0 Å². The van der Waals surface area contributed by atoms with Crippen LogP contribution >= 0.6 is 0 Å².